The van der Waals surface area contributed by atoms with Crippen LogP contribution in [-0.4, -0.2) is 34.9 Å². The van der Waals surface area contributed by atoms with Gasteiger partial charge in [0.05, 0.1) is 4.92 Å². The van der Waals surface area contributed by atoms with Gasteiger partial charge in [-0.3, -0.25) is 14.9 Å². The third kappa shape index (κ3) is 4.18. The first kappa shape index (κ1) is 15.8. The van der Waals surface area contributed by atoms with Crippen LogP contribution in [0.3, 0.4) is 0 Å². The van der Waals surface area contributed by atoms with Gasteiger partial charge in [0.15, 0.2) is 0 Å². The highest BCUT2D eigenvalue weighted by Gasteiger charge is 2.20. The summed E-state index contributed by atoms with van der Waals surface area (Å²) in [6, 6.07) is 3.29. The van der Waals surface area contributed by atoms with Crippen molar-refractivity contribution < 1.29 is 9.72 Å². The molecule has 0 spiro atoms. The molecule has 1 fully saturated rings. The van der Waals surface area contributed by atoms with Crippen LogP contribution in [0.25, 0.3) is 0 Å². The van der Waals surface area contributed by atoms with Crippen molar-refractivity contribution in [2.75, 3.05) is 23.4 Å². The van der Waals surface area contributed by atoms with E-state index in [-0.39, 0.29) is 23.3 Å². The van der Waals surface area contributed by atoms with Crippen LogP contribution in [0, 0.1) is 24.0 Å². The zero-order chi connectivity index (χ0) is 15.4. The van der Waals surface area contributed by atoms with E-state index < -0.39 is 4.92 Å². The molecular weight excluding hydrogens is 290 g/mol. The van der Waals surface area contributed by atoms with Gasteiger partial charge >= 0.3 is 0 Å². The lowest BCUT2D eigenvalue weighted by Gasteiger charge is -2.22. The topological polar surface area (TPSA) is 84.3 Å². The number of nitro groups is 1. The van der Waals surface area contributed by atoms with E-state index in [1.165, 1.54) is 6.07 Å². The fourth-order valence-electron chi connectivity index (χ4n) is 2.23. The van der Waals surface area contributed by atoms with Gasteiger partial charge in [0.25, 0.3) is 5.69 Å². The maximum atomic E-state index is 12.1. The number of carbonyl (C=O) groups excluding carboxylic acids is 1. The summed E-state index contributed by atoms with van der Waals surface area (Å²) in [5.74, 6) is 1.75. The fraction of sp³-hybridized carbons (Fsp3) is 0.500. The van der Waals surface area contributed by atoms with Crippen LogP contribution in [0.5, 0.6) is 0 Å². The summed E-state index contributed by atoms with van der Waals surface area (Å²) in [5.41, 5.74) is 1.97. The molecule has 0 aromatic heterocycles. The molecule has 114 valence electrons. The first-order valence-electron chi connectivity index (χ1n) is 6.84. The predicted octanol–water partition coefficient (Wildman–Crippen LogP) is 2.25. The van der Waals surface area contributed by atoms with Gasteiger partial charge in [-0.15, -0.1) is 0 Å². The summed E-state index contributed by atoms with van der Waals surface area (Å²) < 4.78 is 0. The Bertz CT molecular complexity index is 557. The van der Waals surface area contributed by atoms with Gasteiger partial charge in [-0.1, -0.05) is 0 Å². The predicted molar refractivity (Wildman–Crippen MR) is 84.9 cm³/mol. The number of amides is 1. The summed E-state index contributed by atoms with van der Waals surface area (Å²) in [6.45, 7) is 4.58. The maximum absolute atomic E-state index is 12.1. The molecule has 0 aliphatic carbocycles. The maximum Gasteiger partial charge on any atom is 0.293 e. The van der Waals surface area contributed by atoms with Crippen molar-refractivity contribution in [2.45, 2.75) is 26.3 Å². The average molecular weight is 309 g/mol. The number of anilines is 1. The molecule has 0 radical (unpaired) electrons. The number of rotatable bonds is 4. The SMILES string of the molecule is Cc1cc(NC(=O)CC2CSCCN2)c([N+](=O)[O-])cc1C. The van der Waals surface area contributed by atoms with E-state index in [2.05, 4.69) is 10.6 Å². The van der Waals surface area contributed by atoms with Crippen molar-refractivity contribution in [2.24, 2.45) is 0 Å². The monoisotopic (exact) mass is 309 g/mol. The van der Waals surface area contributed by atoms with Crippen molar-refractivity contribution >= 4 is 29.0 Å². The molecule has 1 saturated heterocycles. The summed E-state index contributed by atoms with van der Waals surface area (Å²) in [4.78, 5) is 22.7. The highest BCUT2D eigenvalue weighted by Crippen LogP contribution is 2.28. The Hall–Kier alpha value is -1.60. The van der Waals surface area contributed by atoms with E-state index in [1.807, 2.05) is 25.6 Å². The van der Waals surface area contributed by atoms with E-state index in [4.69, 9.17) is 0 Å². The summed E-state index contributed by atoms with van der Waals surface area (Å²) in [5, 5.41) is 17.1. The normalized spacial score (nSPS) is 18.3. The molecular formula is C14H19N3O3S. The zero-order valence-corrected chi connectivity index (χ0v) is 13.0. The van der Waals surface area contributed by atoms with Crippen LogP contribution in [0.4, 0.5) is 11.4 Å². The van der Waals surface area contributed by atoms with Gasteiger partial charge in [-0.25, -0.2) is 0 Å². The van der Waals surface area contributed by atoms with Crippen LogP contribution >= 0.6 is 11.8 Å². The van der Waals surface area contributed by atoms with Crippen molar-refractivity contribution in [1.29, 1.82) is 0 Å². The van der Waals surface area contributed by atoms with E-state index >= 15 is 0 Å². The van der Waals surface area contributed by atoms with Gasteiger partial charge in [-0.2, -0.15) is 11.8 Å². The first-order valence-corrected chi connectivity index (χ1v) is 7.99. The molecule has 6 nitrogen and oxygen atoms in total. The second kappa shape index (κ2) is 6.91. The molecule has 1 atom stereocenters. The Balaban J connectivity index is 2.09. The number of nitro benzene ring substituents is 1. The minimum atomic E-state index is -0.462. The lowest BCUT2D eigenvalue weighted by Crippen LogP contribution is -2.39. The molecule has 0 bridgehead atoms. The van der Waals surface area contributed by atoms with Crippen LogP contribution in [0.1, 0.15) is 17.5 Å². The fourth-order valence-corrected chi connectivity index (χ4v) is 3.18. The number of hydrogen-bond acceptors (Lipinski definition) is 5. The lowest BCUT2D eigenvalue weighted by molar-refractivity contribution is -0.384. The molecule has 1 aliphatic heterocycles. The van der Waals surface area contributed by atoms with E-state index in [1.54, 1.807) is 6.07 Å². The van der Waals surface area contributed by atoms with Crippen molar-refractivity contribution in [3.05, 3.63) is 33.4 Å². The standard InChI is InChI=1S/C14H19N3O3S/c1-9-5-12(13(17(19)20)6-10(9)2)16-14(18)7-11-8-21-4-3-15-11/h5-6,11,15H,3-4,7-8H2,1-2H3,(H,16,18). The van der Waals surface area contributed by atoms with E-state index in [0.717, 1.165) is 29.2 Å². The molecule has 1 aromatic carbocycles. The Morgan fingerprint density at radius 1 is 1.48 bits per heavy atom. The van der Waals surface area contributed by atoms with Gasteiger partial charge in [0.2, 0.25) is 5.91 Å². The zero-order valence-electron chi connectivity index (χ0n) is 12.1. The highest BCUT2D eigenvalue weighted by atomic mass is 32.2. The first-order chi connectivity index (χ1) is 9.97. The molecule has 1 aromatic rings. The number of nitrogens with zero attached hydrogens (tertiary/aromatic N) is 1. The second-order valence-corrected chi connectivity index (χ2v) is 6.34. The molecule has 1 heterocycles. The third-order valence-corrected chi connectivity index (χ3v) is 4.64. The summed E-state index contributed by atoms with van der Waals surface area (Å²) in [6.07, 6.45) is 0.330. The molecule has 7 heteroatoms. The number of carbonyl (C=O) groups is 1. The molecule has 2 N–H and O–H groups in total. The van der Waals surface area contributed by atoms with Gasteiger partial charge in [0, 0.05) is 36.6 Å². The second-order valence-electron chi connectivity index (χ2n) is 5.19. The Morgan fingerprint density at radius 2 is 2.19 bits per heavy atom. The molecule has 21 heavy (non-hydrogen) atoms. The third-order valence-electron chi connectivity index (χ3n) is 3.51. The smallest absolute Gasteiger partial charge is 0.293 e. The van der Waals surface area contributed by atoms with Gasteiger partial charge in [0.1, 0.15) is 5.69 Å². The van der Waals surface area contributed by atoms with Gasteiger partial charge in [-0.05, 0) is 31.0 Å². The Morgan fingerprint density at radius 3 is 2.81 bits per heavy atom. The molecule has 1 amide bonds. The minimum Gasteiger partial charge on any atom is -0.320 e. The lowest BCUT2D eigenvalue weighted by atomic mass is 10.1. The van der Waals surface area contributed by atoms with Gasteiger partial charge < -0.3 is 10.6 Å². The largest absolute Gasteiger partial charge is 0.320 e. The van der Waals surface area contributed by atoms with Crippen LogP contribution in [0.15, 0.2) is 12.1 Å². The number of hydrogen-bond donors (Lipinski definition) is 2. The van der Waals surface area contributed by atoms with E-state index in [0.29, 0.717) is 6.42 Å². The minimum absolute atomic E-state index is 0.0579. The highest BCUT2D eigenvalue weighted by molar-refractivity contribution is 7.99. The Kier molecular flexibility index (Phi) is 5.19. The number of nitrogens with one attached hydrogen (secondary N) is 2. The molecule has 2 rings (SSSR count). The van der Waals surface area contributed by atoms with E-state index in [9.17, 15) is 14.9 Å². The van der Waals surface area contributed by atoms with Crippen LogP contribution in [0.2, 0.25) is 0 Å². The number of thioether (sulfide) groups is 1. The number of aryl methyl sites for hydroxylation is 2. The quantitative estimate of drug-likeness (QED) is 0.658. The van der Waals surface area contributed by atoms with Crippen molar-refractivity contribution in [3.63, 3.8) is 0 Å². The van der Waals surface area contributed by atoms with Crippen molar-refractivity contribution in [1.82, 2.24) is 5.32 Å². The number of benzene rings is 1. The van der Waals surface area contributed by atoms with Crippen LogP contribution in [-0.2, 0) is 4.79 Å². The van der Waals surface area contributed by atoms with Crippen molar-refractivity contribution in [3.8, 4) is 0 Å². The molecule has 1 unspecified atom stereocenters. The average Bonchev–Trinajstić information content (AvgIpc) is 2.43. The Labute approximate surface area is 127 Å². The summed E-state index contributed by atoms with van der Waals surface area (Å²) in [7, 11) is 0. The molecule has 0 saturated carbocycles. The summed E-state index contributed by atoms with van der Waals surface area (Å²) >= 11 is 1.81. The van der Waals surface area contributed by atoms with Crippen LogP contribution < -0.4 is 10.6 Å². The molecule has 1 aliphatic rings.